The Labute approximate surface area is 170 Å². The number of benzene rings is 2. The minimum atomic E-state index is -0.406. The number of rotatable bonds is 4. The van der Waals surface area contributed by atoms with E-state index in [1.807, 2.05) is 53.9 Å². The number of aromatic nitrogens is 1. The monoisotopic (exact) mass is 404 g/mol. The molecule has 0 spiro atoms. The summed E-state index contributed by atoms with van der Waals surface area (Å²) in [5, 5.41) is 7.65. The molecule has 0 saturated carbocycles. The van der Waals surface area contributed by atoms with Crippen LogP contribution < -0.4 is 10.4 Å². The molecule has 0 fully saturated rings. The second-order valence-corrected chi connectivity index (χ2v) is 7.46. The van der Waals surface area contributed by atoms with E-state index in [2.05, 4.69) is 10.1 Å². The van der Waals surface area contributed by atoms with Crippen LogP contribution in [0.2, 0.25) is 0 Å². The molecule has 0 radical (unpaired) electrons. The van der Waals surface area contributed by atoms with Crippen molar-refractivity contribution in [2.24, 2.45) is 5.16 Å². The highest BCUT2D eigenvalue weighted by atomic mass is 32.1. The van der Waals surface area contributed by atoms with Crippen LogP contribution >= 0.6 is 11.3 Å². The zero-order valence-corrected chi connectivity index (χ0v) is 16.3. The highest BCUT2D eigenvalue weighted by molar-refractivity contribution is 7.12. The second kappa shape index (κ2) is 7.18. The van der Waals surface area contributed by atoms with Gasteiger partial charge < -0.3 is 14.0 Å². The first kappa shape index (κ1) is 17.6. The molecular formula is C22H16N2O4S. The van der Waals surface area contributed by atoms with Crippen LogP contribution in [0.25, 0.3) is 22.2 Å². The van der Waals surface area contributed by atoms with Crippen molar-refractivity contribution in [1.29, 1.82) is 0 Å². The third-order valence-electron chi connectivity index (χ3n) is 4.82. The van der Waals surface area contributed by atoms with Gasteiger partial charge in [0, 0.05) is 22.8 Å². The van der Waals surface area contributed by atoms with E-state index in [4.69, 9.17) is 14.0 Å². The number of nitrogens with zero attached hydrogens (tertiary/aromatic N) is 2. The molecule has 2 aromatic carbocycles. The highest BCUT2D eigenvalue weighted by Gasteiger charge is 2.28. The van der Waals surface area contributed by atoms with Crippen LogP contribution in [0.1, 0.15) is 23.1 Å². The quantitative estimate of drug-likeness (QED) is 0.457. The molecule has 2 aromatic heterocycles. The molecule has 6 nitrogen and oxygen atoms in total. The fraction of sp³-hybridized carbons (Fsp3) is 0.136. The number of methoxy groups -OCH3 is 1. The normalized spacial score (nSPS) is 15.9. The zero-order valence-electron chi connectivity index (χ0n) is 15.5. The van der Waals surface area contributed by atoms with Crippen LogP contribution in [0.5, 0.6) is 5.75 Å². The maximum Gasteiger partial charge on any atom is 0.345 e. The number of para-hydroxylation sites is 2. The number of hydrogen-bond acceptors (Lipinski definition) is 7. The van der Waals surface area contributed by atoms with Crippen LogP contribution in [0, 0.1) is 0 Å². The van der Waals surface area contributed by atoms with Gasteiger partial charge in [0.25, 0.3) is 0 Å². The summed E-state index contributed by atoms with van der Waals surface area (Å²) in [5.74, 6) is 0.766. The van der Waals surface area contributed by atoms with E-state index < -0.39 is 5.63 Å². The molecule has 1 unspecified atom stereocenters. The molecular weight excluding hydrogens is 388 g/mol. The standard InChI is InChI=1S/C22H16N2O4S/c1-26-19-9-5-3-7-14(19)20-11-16(24-28-20)21-23-17(12-29-21)15-10-13-6-2-4-8-18(13)27-22(15)25/h2-10,12,20H,11H2,1H3. The Kier molecular flexibility index (Phi) is 4.37. The summed E-state index contributed by atoms with van der Waals surface area (Å²) >= 11 is 1.43. The molecule has 1 atom stereocenters. The molecule has 7 heteroatoms. The Balaban J connectivity index is 1.43. The predicted octanol–water partition coefficient (Wildman–Crippen LogP) is 4.79. The largest absolute Gasteiger partial charge is 0.496 e. The molecule has 0 bridgehead atoms. The fourth-order valence-electron chi connectivity index (χ4n) is 3.37. The van der Waals surface area contributed by atoms with Gasteiger partial charge in [0.05, 0.1) is 18.4 Å². The third kappa shape index (κ3) is 3.19. The summed E-state index contributed by atoms with van der Waals surface area (Å²) in [5.41, 5.74) is 2.87. The van der Waals surface area contributed by atoms with Gasteiger partial charge in [0.15, 0.2) is 6.10 Å². The molecule has 1 aliphatic rings. The van der Waals surface area contributed by atoms with Gasteiger partial charge in [-0.3, -0.25) is 0 Å². The minimum Gasteiger partial charge on any atom is -0.496 e. The van der Waals surface area contributed by atoms with Gasteiger partial charge in [-0.25, -0.2) is 9.78 Å². The summed E-state index contributed by atoms with van der Waals surface area (Å²) in [6.07, 6.45) is 0.360. The molecule has 144 valence electrons. The molecule has 0 N–H and O–H groups in total. The van der Waals surface area contributed by atoms with Crippen molar-refractivity contribution in [3.05, 3.63) is 81.0 Å². The van der Waals surface area contributed by atoms with Crippen LogP contribution in [0.3, 0.4) is 0 Å². The Morgan fingerprint density at radius 2 is 1.97 bits per heavy atom. The smallest absolute Gasteiger partial charge is 0.345 e. The molecule has 4 aromatic rings. The number of hydrogen-bond donors (Lipinski definition) is 0. The average Bonchev–Trinajstić information content (AvgIpc) is 3.43. The Morgan fingerprint density at radius 3 is 2.86 bits per heavy atom. The van der Waals surface area contributed by atoms with Crippen molar-refractivity contribution in [3.63, 3.8) is 0 Å². The van der Waals surface area contributed by atoms with Crippen molar-refractivity contribution >= 4 is 28.0 Å². The predicted molar refractivity (Wildman–Crippen MR) is 112 cm³/mol. The van der Waals surface area contributed by atoms with Crippen molar-refractivity contribution in [2.45, 2.75) is 12.5 Å². The summed E-state index contributed by atoms with van der Waals surface area (Å²) in [7, 11) is 1.64. The van der Waals surface area contributed by atoms with Crippen LogP contribution in [0.15, 0.2) is 74.3 Å². The van der Waals surface area contributed by atoms with E-state index in [1.54, 1.807) is 13.2 Å². The van der Waals surface area contributed by atoms with Crippen molar-refractivity contribution < 1.29 is 14.0 Å². The summed E-state index contributed by atoms with van der Waals surface area (Å²) in [4.78, 5) is 22.7. The lowest BCUT2D eigenvalue weighted by Gasteiger charge is -2.12. The molecule has 3 heterocycles. The molecule has 0 amide bonds. The summed E-state index contributed by atoms with van der Waals surface area (Å²) in [6.45, 7) is 0. The third-order valence-corrected chi connectivity index (χ3v) is 5.71. The lowest BCUT2D eigenvalue weighted by Crippen LogP contribution is -2.05. The van der Waals surface area contributed by atoms with E-state index in [1.165, 1.54) is 11.3 Å². The summed E-state index contributed by atoms with van der Waals surface area (Å²) < 4.78 is 10.8. The Morgan fingerprint density at radius 1 is 1.14 bits per heavy atom. The van der Waals surface area contributed by atoms with E-state index in [9.17, 15) is 4.79 Å². The van der Waals surface area contributed by atoms with Crippen molar-refractivity contribution in [1.82, 2.24) is 4.98 Å². The molecule has 5 rings (SSSR count). The second-order valence-electron chi connectivity index (χ2n) is 6.60. The lowest BCUT2D eigenvalue weighted by molar-refractivity contribution is 0.0837. The SMILES string of the molecule is COc1ccccc1C1CC(c2nc(-c3cc4ccccc4oc3=O)cs2)=NO1. The number of ether oxygens (including phenoxy) is 1. The van der Waals surface area contributed by atoms with E-state index in [-0.39, 0.29) is 6.10 Å². The maximum absolute atomic E-state index is 12.4. The van der Waals surface area contributed by atoms with Crippen LogP contribution in [0.4, 0.5) is 0 Å². The highest BCUT2D eigenvalue weighted by Crippen LogP contribution is 2.35. The number of thiazole rings is 1. The molecule has 0 aliphatic carbocycles. The number of oxime groups is 1. The fourth-order valence-corrected chi connectivity index (χ4v) is 4.18. The van der Waals surface area contributed by atoms with E-state index in [0.717, 1.165) is 27.4 Å². The minimum absolute atomic E-state index is 0.223. The van der Waals surface area contributed by atoms with E-state index in [0.29, 0.717) is 23.3 Å². The van der Waals surface area contributed by atoms with Gasteiger partial charge in [0.1, 0.15) is 22.1 Å². The zero-order chi connectivity index (χ0) is 19.8. The van der Waals surface area contributed by atoms with Crippen LogP contribution in [-0.4, -0.2) is 17.8 Å². The molecule has 0 saturated heterocycles. The molecule has 29 heavy (non-hydrogen) atoms. The number of fused-ring (bicyclic) bond motifs is 1. The topological polar surface area (TPSA) is 73.9 Å². The average molecular weight is 404 g/mol. The van der Waals surface area contributed by atoms with Gasteiger partial charge in [-0.2, -0.15) is 0 Å². The summed E-state index contributed by atoms with van der Waals surface area (Å²) in [6, 6.07) is 17.0. The lowest BCUT2D eigenvalue weighted by atomic mass is 10.0. The van der Waals surface area contributed by atoms with Crippen molar-refractivity contribution in [3.8, 4) is 17.0 Å². The first-order valence-electron chi connectivity index (χ1n) is 9.07. The van der Waals surface area contributed by atoms with Gasteiger partial charge in [-0.05, 0) is 18.2 Å². The first-order valence-corrected chi connectivity index (χ1v) is 9.95. The maximum atomic E-state index is 12.4. The van der Waals surface area contributed by atoms with Gasteiger partial charge in [0.2, 0.25) is 0 Å². The molecule has 1 aliphatic heterocycles. The van der Waals surface area contributed by atoms with Gasteiger partial charge in [-0.15, -0.1) is 11.3 Å². The Hall–Kier alpha value is -3.45. The van der Waals surface area contributed by atoms with Gasteiger partial charge >= 0.3 is 5.63 Å². The van der Waals surface area contributed by atoms with Gasteiger partial charge in [-0.1, -0.05) is 41.6 Å². The Bertz CT molecular complexity index is 1290. The van der Waals surface area contributed by atoms with E-state index >= 15 is 0 Å². The van der Waals surface area contributed by atoms with Crippen molar-refractivity contribution in [2.75, 3.05) is 7.11 Å². The van der Waals surface area contributed by atoms with Crippen LogP contribution in [-0.2, 0) is 4.84 Å². The first-order chi connectivity index (χ1) is 14.2.